The minimum absolute atomic E-state index is 0.287. The molecule has 0 saturated carbocycles. The first-order valence-electron chi connectivity index (χ1n) is 5.55. The van der Waals surface area contributed by atoms with Gasteiger partial charge in [-0.3, -0.25) is 4.21 Å². The maximum atomic E-state index is 12.1. The van der Waals surface area contributed by atoms with Crippen LogP contribution in [0, 0.1) is 0 Å². The molecular formula is C12H17NO2S. The zero-order valence-electron chi connectivity index (χ0n) is 9.22. The number of ether oxygens (including phenoxy) is 1. The van der Waals surface area contributed by atoms with Crippen LogP contribution in [-0.4, -0.2) is 22.7 Å². The van der Waals surface area contributed by atoms with Gasteiger partial charge in [0, 0.05) is 40.7 Å². The predicted molar refractivity (Wildman–Crippen MR) is 66.5 cm³/mol. The lowest BCUT2D eigenvalue weighted by Gasteiger charge is -2.21. The van der Waals surface area contributed by atoms with E-state index in [0.29, 0.717) is 5.75 Å². The topological polar surface area (TPSA) is 52.3 Å². The zero-order chi connectivity index (χ0) is 11.4. The molecule has 3 nitrogen and oxygen atoms in total. The van der Waals surface area contributed by atoms with E-state index in [4.69, 9.17) is 10.5 Å². The Bertz CT molecular complexity index is 375. The van der Waals surface area contributed by atoms with E-state index >= 15 is 0 Å². The van der Waals surface area contributed by atoms with Gasteiger partial charge in [0.25, 0.3) is 0 Å². The van der Waals surface area contributed by atoms with E-state index in [9.17, 15) is 4.21 Å². The maximum absolute atomic E-state index is 12.1. The molecule has 16 heavy (non-hydrogen) atoms. The average molecular weight is 239 g/mol. The summed E-state index contributed by atoms with van der Waals surface area (Å²) < 4.78 is 17.4. The van der Waals surface area contributed by atoms with Crippen LogP contribution >= 0.6 is 0 Å². The number of rotatable bonds is 3. The molecule has 1 fully saturated rings. The van der Waals surface area contributed by atoms with Gasteiger partial charge in [-0.05, 0) is 30.5 Å². The lowest BCUT2D eigenvalue weighted by Crippen LogP contribution is -2.25. The fraction of sp³-hybridized carbons (Fsp3) is 0.500. The van der Waals surface area contributed by atoms with Gasteiger partial charge < -0.3 is 10.5 Å². The van der Waals surface area contributed by atoms with Gasteiger partial charge >= 0.3 is 0 Å². The largest absolute Gasteiger partial charge is 0.399 e. The van der Waals surface area contributed by atoms with Crippen molar-refractivity contribution in [2.24, 2.45) is 0 Å². The minimum atomic E-state index is -0.801. The molecule has 1 aliphatic heterocycles. The molecule has 4 heteroatoms. The average Bonchev–Trinajstić information content (AvgIpc) is 2.30. The van der Waals surface area contributed by atoms with Crippen LogP contribution in [0.1, 0.15) is 18.4 Å². The number of hydrogen-bond donors (Lipinski definition) is 1. The Balaban J connectivity index is 1.96. The van der Waals surface area contributed by atoms with E-state index in [2.05, 4.69) is 0 Å². The highest BCUT2D eigenvalue weighted by molar-refractivity contribution is 7.84. The molecule has 1 aromatic carbocycles. The second kappa shape index (κ2) is 5.46. The predicted octanol–water partition coefficient (Wildman–Crippen LogP) is 1.70. The van der Waals surface area contributed by atoms with Crippen LogP contribution in [-0.2, 0) is 21.3 Å². The zero-order valence-corrected chi connectivity index (χ0v) is 10.0. The molecule has 0 unspecified atom stereocenters. The van der Waals surface area contributed by atoms with E-state index < -0.39 is 10.8 Å². The molecule has 2 rings (SSSR count). The van der Waals surface area contributed by atoms with Crippen LogP contribution in [0.25, 0.3) is 0 Å². The van der Waals surface area contributed by atoms with E-state index in [-0.39, 0.29) is 5.25 Å². The van der Waals surface area contributed by atoms with E-state index in [1.54, 1.807) is 0 Å². The number of anilines is 1. The molecular weight excluding hydrogens is 222 g/mol. The molecule has 1 saturated heterocycles. The second-order valence-electron chi connectivity index (χ2n) is 4.08. The number of nitrogens with two attached hydrogens (primary N) is 1. The van der Waals surface area contributed by atoms with Gasteiger partial charge in [-0.25, -0.2) is 0 Å². The SMILES string of the molecule is Nc1cccc(C[S@@](=O)C2CCOCC2)c1. The third-order valence-electron chi connectivity index (χ3n) is 2.80. The summed E-state index contributed by atoms with van der Waals surface area (Å²) in [5, 5.41) is 0.287. The first kappa shape index (κ1) is 11.6. The monoisotopic (exact) mass is 239 g/mol. The molecule has 1 aliphatic rings. The Labute approximate surface area is 98.4 Å². The fourth-order valence-corrected chi connectivity index (χ4v) is 3.37. The Kier molecular flexibility index (Phi) is 3.96. The Morgan fingerprint density at radius 2 is 2.12 bits per heavy atom. The van der Waals surface area contributed by atoms with Gasteiger partial charge in [0.1, 0.15) is 0 Å². The molecule has 0 amide bonds. The van der Waals surface area contributed by atoms with Crippen LogP contribution in [0.5, 0.6) is 0 Å². The highest BCUT2D eigenvalue weighted by Crippen LogP contribution is 2.17. The molecule has 0 radical (unpaired) electrons. The van der Waals surface area contributed by atoms with Crippen molar-refractivity contribution in [3.05, 3.63) is 29.8 Å². The Hall–Kier alpha value is -0.870. The van der Waals surface area contributed by atoms with E-state index in [1.165, 1.54) is 0 Å². The van der Waals surface area contributed by atoms with Gasteiger partial charge in [-0.1, -0.05) is 12.1 Å². The quantitative estimate of drug-likeness (QED) is 0.817. The molecule has 1 heterocycles. The maximum Gasteiger partial charge on any atom is 0.0489 e. The lowest BCUT2D eigenvalue weighted by atomic mass is 10.2. The van der Waals surface area contributed by atoms with Gasteiger partial charge in [-0.15, -0.1) is 0 Å². The van der Waals surface area contributed by atoms with Gasteiger partial charge in [0.05, 0.1) is 0 Å². The smallest absolute Gasteiger partial charge is 0.0489 e. The van der Waals surface area contributed by atoms with Crippen LogP contribution in [0.3, 0.4) is 0 Å². The lowest BCUT2D eigenvalue weighted by molar-refractivity contribution is 0.0992. The molecule has 1 aromatic rings. The summed E-state index contributed by atoms with van der Waals surface area (Å²) in [7, 11) is -0.801. The third kappa shape index (κ3) is 3.06. The second-order valence-corrected chi connectivity index (χ2v) is 5.80. The van der Waals surface area contributed by atoms with Crippen molar-refractivity contribution in [2.75, 3.05) is 18.9 Å². The van der Waals surface area contributed by atoms with Gasteiger partial charge in [-0.2, -0.15) is 0 Å². The fourth-order valence-electron chi connectivity index (χ4n) is 1.90. The molecule has 0 aromatic heterocycles. The number of nitrogen functional groups attached to an aromatic ring is 1. The highest BCUT2D eigenvalue weighted by Gasteiger charge is 2.20. The van der Waals surface area contributed by atoms with Crippen LogP contribution in [0.15, 0.2) is 24.3 Å². The summed E-state index contributed by atoms with van der Waals surface area (Å²) in [5.74, 6) is 0.607. The first-order valence-corrected chi connectivity index (χ1v) is 6.93. The molecule has 1 atom stereocenters. The van der Waals surface area contributed by atoms with Crippen molar-refractivity contribution in [3.8, 4) is 0 Å². The summed E-state index contributed by atoms with van der Waals surface area (Å²) in [6.45, 7) is 1.49. The molecule has 2 N–H and O–H groups in total. The van der Waals surface area contributed by atoms with E-state index in [1.807, 2.05) is 24.3 Å². The van der Waals surface area contributed by atoms with Crippen molar-refractivity contribution in [1.82, 2.24) is 0 Å². The summed E-state index contributed by atoms with van der Waals surface area (Å²) in [6, 6.07) is 7.64. The molecule has 0 aliphatic carbocycles. The summed E-state index contributed by atoms with van der Waals surface area (Å²) in [4.78, 5) is 0. The van der Waals surface area contributed by atoms with Crippen LogP contribution in [0.2, 0.25) is 0 Å². The number of hydrogen-bond acceptors (Lipinski definition) is 3. The Morgan fingerprint density at radius 1 is 1.38 bits per heavy atom. The molecule has 88 valence electrons. The van der Waals surface area contributed by atoms with Crippen molar-refractivity contribution < 1.29 is 8.95 Å². The number of benzene rings is 1. The highest BCUT2D eigenvalue weighted by atomic mass is 32.2. The van der Waals surface area contributed by atoms with Crippen molar-refractivity contribution >= 4 is 16.5 Å². The van der Waals surface area contributed by atoms with Gasteiger partial charge in [0.15, 0.2) is 0 Å². The summed E-state index contributed by atoms with van der Waals surface area (Å²) in [6.07, 6.45) is 1.82. The standard InChI is InChI=1S/C12H17NO2S/c13-11-3-1-2-10(8-11)9-16(14)12-4-6-15-7-5-12/h1-3,8,12H,4-7,9,13H2/t16-/m1/s1. The van der Waals surface area contributed by atoms with E-state index in [0.717, 1.165) is 37.3 Å². The summed E-state index contributed by atoms with van der Waals surface area (Å²) in [5.41, 5.74) is 7.49. The third-order valence-corrected chi connectivity index (χ3v) is 4.63. The van der Waals surface area contributed by atoms with Crippen molar-refractivity contribution in [3.63, 3.8) is 0 Å². The van der Waals surface area contributed by atoms with Crippen LogP contribution in [0.4, 0.5) is 5.69 Å². The molecule has 0 bridgehead atoms. The normalized spacial score (nSPS) is 19.5. The first-order chi connectivity index (χ1) is 7.75. The van der Waals surface area contributed by atoms with Crippen molar-refractivity contribution in [2.45, 2.75) is 23.8 Å². The Morgan fingerprint density at radius 3 is 2.81 bits per heavy atom. The summed E-state index contributed by atoms with van der Waals surface area (Å²) >= 11 is 0. The van der Waals surface area contributed by atoms with Crippen molar-refractivity contribution in [1.29, 1.82) is 0 Å². The molecule has 0 spiro atoms. The minimum Gasteiger partial charge on any atom is -0.399 e. The van der Waals surface area contributed by atoms with Crippen LogP contribution < -0.4 is 5.73 Å². The van der Waals surface area contributed by atoms with Gasteiger partial charge in [0.2, 0.25) is 0 Å².